The maximum atomic E-state index is 11.9. The number of nitrogens with zero attached hydrogens (tertiary/aromatic N) is 1. The van der Waals surface area contributed by atoms with Crippen LogP contribution in [0.15, 0.2) is 29.6 Å². The van der Waals surface area contributed by atoms with E-state index in [-0.39, 0.29) is 12.3 Å². The molecule has 1 N–H and O–H groups in total. The van der Waals surface area contributed by atoms with Crippen LogP contribution in [-0.2, 0) is 17.1 Å². The van der Waals surface area contributed by atoms with Gasteiger partial charge in [0.05, 0.1) is 18.0 Å². The van der Waals surface area contributed by atoms with Crippen molar-refractivity contribution in [3.63, 3.8) is 0 Å². The van der Waals surface area contributed by atoms with E-state index in [4.69, 9.17) is 11.6 Å². The SMILES string of the molecule is CC(C)c1ccc(NC(=O)Cc2nc(CCl)cs2)cc1. The van der Waals surface area contributed by atoms with E-state index in [9.17, 15) is 4.79 Å². The summed E-state index contributed by atoms with van der Waals surface area (Å²) in [4.78, 5) is 16.2. The molecule has 0 bridgehead atoms. The molecule has 0 spiro atoms. The maximum absolute atomic E-state index is 11.9. The molecular weight excluding hydrogens is 292 g/mol. The molecular formula is C15H17ClN2OS. The first-order valence-corrected chi connectivity index (χ1v) is 7.89. The molecule has 2 rings (SSSR count). The lowest BCUT2D eigenvalue weighted by Gasteiger charge is -2.07. The molecule has 0 radical (unpaired) electrons. The number of alkyl halides is 1. The molecule has 2 aromatic rings. The minimum atomic E-state index is -0.0576. The van der Waals surface area contributed by atoms with Gasteiger partial charge in [-0.15, -0.1) is 22.9 Å². The van der Waals surface area contributed by atoms with Gasteiger partial charge in [0, 0.05) is 11.1 Å². The molecule has 0 saturated heterocycles. The molecule has 0 aliphatic heterocycles. The minimum absolute atomic E-state index is 0.0576. The van der Waals surface area contributed by atoms with Crippen molar-refractivity contribution < 1.29 is 4.79 Å². The average Bonchev–Trinajstić information content (AvgIpc) is 2.86. The fraction of sp³-hybridized carbons (Fsp3) is 0.333. The van der Waals surface area contributed by atoms with Crippen LogP contribution >= 0.6 is 22.9 Å². The number of hydrogen-bond acceptors (Lipinski definition) is 3. The predicted molar refractivity (Wildman–Crippen MR) is 84.5 cm³/mol. The fourth-order valence-electron chi connectivity index (χ4n) is 1.79. The van der Waals surface area contributed by atoms with E-state index in [0.29, 0.717) is 11.8 Å². The second-order valence-electron chi connectivity index (χ2n) is 4.87. The number of carbonyl (C=O) groups is 1. The Morgan fingerprint density at radius 1 is 1.35 bits per heavy atom. The second-order valence-corrected chi connectivity index (χ2v) is 6.08. The average molecular weight is 309 g/mol. The zero-order chi connectivity index (χ0) is 14.5. The third kappa shape index (κ3) is 4.05. The third-order valence-corrected chi connectivity index (χ3v) is 4.08. The van der Waals surface area contributed by atoms with Crippen LogP contribution in [0.4, 0.5) is 5.69 Å². The summed E-state index contributed by atoms with van der Waals surface area (Å²) >= 11 is 7.15. The van der Waals surface area contributed by atoms with Gasteiger partial charge in [0.2, 0.25) is 5.91 Å². The van der Waals surface area contributed by atoms with E-state index in [1.165, 1.54) is 16.9 Å². The summed E-state index contributed by atoms with van der Waals surface area (Å²) in [7, 11) is 0. The van der Waals surface area contributed by atoms with Gasteiger partial charge >= 0.3 is 0 Å². The highest BCUT2D eigenvalue weighted by atomic mass is 35.5. The topological polar surface area (TPSA) is 42.0 Å². The number of thiazole rings is 1. The standard InChI is InChI=1S/C15H17ClN2OS/c1-10(2)11-3-5-12(6-4-11)17-14(19)7-15-18-13(8-16)9-20-15/h3-6,9-10H,7-8H2,1-2H3,(H,17,19). The Bertz CT molecular complexity index is 578. The van der Waals surface area contributed by atoms with E-state index >= 15 is 0 Å². The van der Waals surface area contributed by atoms with Crippen molar-refractivity contribution in [3.8, 4) is 0 Å². The number of anilines is 1. The minimum Gasteiger partial charge on any atom is -0.326 e. The van der Waals surface area contributed by atoms with Gasteiger partial charge in [-0.3, -0.25) is 4.79 Å². The molecule has 0 atom stereocenters. The largest absolute Gasteiger partial charge is 0.326 e. The monoisotopic (exact) mass is 308 g/mol. The highest BCUT2D eigenvalue weighted by Crippen LogP contribution is 2.18. The first-order chi connectivity index (χ1) is 9.58. The zero-order valence-corrected chi connectivity index (χ0v) is 13.1. The summed E-state index contributed by atoms with van der Waals surface area (Å²) in [5.41, 5.74) is 2.89. The number of halogens is 1. The Morgan fingerprint density at radius 2 is 2.05 bits per heavy atom. The van der Waals surface area contributed by atoms with Gasteiger partial charge in [0.15, 0.2) is 0 Å². The summed E-state index contributed by atoms with van der Waals surface area (Å²) in [6.45, 7) is 4.29. The van der Waals surface area contributed by atoms with E-state index in [1.807, 2.05) is 29.6 Å². The molecule has 0 saturated carbocycles. The summed E-state index contributed by atoms with van der Waals surface area (Å²) in [6, 6.07) is 7.93. The van der Waals surface area contributed by atoms with Crippen LogP contribution in [0, 0.1) is 0 Å². The number of benzene rings is 1. The Morgan fingerprint density at radius 3 is 2.60 bits per heavy atom. The van der Waals surface area contributed by atoms with Crippen LogP contribution < -0.4 is 5.32 Å². The molecule has 0 fully saturated rings. The van der Waals surface area contributed by atoms with Crippen molar-refractivity contribution in [2.24, 2.45) is 0 Å². The van der Waals surface area contributed by atoms with Crippen molar-refractivity contribution in [2.75, 3.05) is 5.32 Å². The van der Waals surface area contributed by atoms with E-state index in [1.54, 1.807) is 0 Å². The van der Waals surface area contributed by atoms with Crippen LogP contribution in [0.25, 0.3) is 0 Å². The van der Waals surface area contributed by atoms with Crippen LogP contribution in [-0.4, -0.2) is 10.9 Å². The second kappa shape index (κ2) is 6.86. The van der Waals surface area contributed by atoms with Gasteiger partial charge in [-0.25, -0.2) is 4.98 Å². The normalized spacial score (nSPS) is 10.8. The van der Waals surface area contributed by atoms with Crippen molar-refractivity contribution in [1.29, 1.82) is 0 Å². The molecule has 20 heavy (non-hydrogen) atoms. The number of hydrogen-bond donors (Lipinski definition) is 1. The van der Waals surface area contributed by atoms with Crippen LogP contribution in [0.1, 0.15) is 36.0 Å². The molecule has 0 aliphatic rings. The van der Waals surface area contributed by atoms with Crippen molar-refractivity contribution in [2.45, 2.75) is 32.1 Å². The van der Waals surface area contributed by atoms with E-state index in [2.05, 4.69) is 24.1 Å². The molecule has 0 unspecified atom stereocenters. The van der Waals surface area contributed by atoms with Crippen molar-refractivity contribution in [1.82, 2.24) is 4.98 Å². The van der Waals surface area contributed by atoms with Crippen molar-refractivity contribution in [3.05, 3.63) is 45.9 Å². The Labute approximate surface area is 128 Å². The lowest BCUT2D eigenvalue weighted by Crippen LogP contribution is -2.14. The molecule has 1 aromatic carbocycles. The number of nitrogens with one attached hydrogen (secondary N) is 1. The summed E-state index contributed by atoms with van der Waals surface area (Å²) in [5, 5.41) is 5.55. The quantitative estimate of drug-likeness (QED) is 0.842. The smallest absolute Gasteiger partial charge is 0.231 e. The van der Waals surface area contributed by atoms with Crippen LogP contribution in [0.5, 0.6) is 0 Å². The Hall–Kier alpha value is -1.39. The van der Waals surface area contributed by atoms with Gasteiger partial charge in [0.25, 0.3) is 0 Å². The lowest BCUT2D eigenvalue weighted by molar-refractivity contribution is -0.115. The molecule has 1 aromatic heterocycles. The Balaban J connectivity index is 1.93. The van der Waals surface area contributed by atoms with E-state index in [0.717, 1.165) is 16.4 Å². The first-order valence-electron chi connectivity index (χ1n) is 6.47. The lowest BCUT2D eigenvalue weighted by atomic mass is 10.0. The summed E-state index contributed by atoms with van der Waals surface area (Å²) in [6.07, 6.45) is 0.285. The third-order valence-electron chi connectivity index (χ3n) is 2.91. The number of aromatic nitrogens is 1. The predicted octanol–water partition coefficient (Wildman–Crippen LogP) is 4.19. The molecule has 1 amide bonds. The summed E-state index contributed by atoms with van der Waals surface area (Å²) < 4.78 is 0. The number of rotatable bonds is 5. The maximum Gasteiger partial charge on any atom is 0.231 e. The summed E-state index contributed by atoms with van der Waals surface area (Å²) in [5.74, 6) is 0.816. The van der Waals surface area contributed by atoms with Crippen LogP contribution in [0.3, 0.4) is 0 Å². The number of carbonyl (C=O) groups excluding carboxylic acids is 1. The molecule has 0 aliphatic carbocycles. The number of amides is 1. The molecule has 3 nitrogen and oxygen atoms in total. The van der Waals surface area contributed by atoms with Gasteiger partial charge in [-0.1, -0.05) is 26.0 Å². The molecule has 1 heterocycles. The molecule has 5 heteroatoms. The van der Waals surface area contributed by atoms with Crippen molar-refractivity contribution >= 4 is 34.5 Å². The van der Waals surface area contributed by atoms with E-state index < -0.39 is 0 Å². The van der Waals surface area contributed by atoms with Gasteiger partial charge in [-0.2, -0.15) is 0 Å². The van der Waals surface area contributed by atoms with Crippen LogP contribution in [0.2, 0.25) is 0 Å². The highest BCUT2D eigenvalue weighted by Gasteiger charge is 2.08. The van der Waals surface area contributed by atoms with Gasteiger partial charge in [0.1, 0.15) is 5.01 Å². The fourth-order valence-corrected chi connectivity index (χ4v) is 2.81. The zero-order valence-electron chi connectivity index (χ0n) is 11.5. The van der Waals surface area contributed by atoms with Gasteiger partial charge < -0.3 is 5.32 Å². The van der Waals surface area contributed by atoms with Gasteiger partial charge in [-0.05, 0) is 23.6 Å². The first kappa shape index (κ1) is 15.0. The molecule has 106 valence electrons. The Kier molecular flexibility index (Phi) is 5.15. The highest BCUT2D eigenvalue weighted by molar-refractivity contribution is 7.09.